The largest absolute Gasteiger partial charge is 0.345 e. The standard InChI is InChI=1S/C25H26N2O2S/c1-18(28)22(16-19-8-4-2-5-9-19)26-24(29)17-27-14-12-23-21(13-15-30-23)25(27)20-10-6-3-7-11-20/h2-11,13,15,22,25H,12,14,16-17H2,1H3,(H,26,29)/t22-,25-/m1/s1. The average Bonchev–Trinajstić information content (AvgIpc) is 3.23. The Hall–Kier alpha value is -2.76. The predicted molar refractivity (Wildman–Crippen MR) is 121 cm³/mol. The fourth-order valence-corrected chi connectivity index (χ4v) is 5.04. The van der Waals surface area contributed by atoms with Crippen molar-refractivity contribution in [2.75, 3.05) is 13.1 Å². The van der Waals surface area contributed by atoms with Crippen molar-refractivity contribution in [2.45, 2.75) is 31.8 Å². The zero-order chi connectivity index (χ0) is 20.9. The SMILES string of the molecule is CC(=O)[C@@H](Cc1ccccc1)NC(=O)CN1CCc2sccc2[C@H]1c1ccccc1. The van der Waals surface area contributed by atoms with Crippen molar-refractivity contribution in [3.05, 3.63) is 93.7 Å². The number of nitrogens with one attached hydrogen (secondary N) is 1. The summed E-state index contributed by atoms with van der Waals surface area (Å²) in [5, 5.41) is 5.11. The molecule has 2 atom stereocenters. The Morgan fingerprint density at radius 3 is 2.47 bits per heavy atom. The molecule has 0 bridgehead atoms. The third-order valence-electron chi connectivity index (χ3n) is 5.64. The van der Waals surface area contributed by atoms with Gasteiger partial charge in [0.05, 0.1) is 18.6 Å². The Labute approximate surface area is 181 Å². The molecule has 0 saturated carbocycles. The molecule has 154 valence electrons. The lowest BCUT2D eigenvalue weighted by atomic mass is 9.93. The van der Waals surface area contributed by atoms with E-state index in [0.717, 1.165) is 18.5 Å². The summed E-state index contributed by atoms with van der Waals surface area (Å²) in [6, 6.07) is 21.9. The highest BCUT2D eigenvalue weighted by molar-refractivity contribution is 7.10. The van der Waals surface area contributed by atoms with Crippen LogP contribution in [0.5, 0.6) is 0 Å². The number of nitrogens with zero attached hydrogens (tertiary/aromatic N) is 1. The molecule has 4 rings (SSSR count). The van der Waals surface area contributed by atoms with Gasteiger partial charge in [0.1, 0.15) is 0 Å². The second kappa shape index (κ2) is 9.37. The molecule has 0 fully saturated rings. The van der Waals surface area contributed by atoms with Crippen molar-refractivity contribution >= 4 is 23.0 Å². The normalized spacial score (nSPS) is 17.2. The number of fused-ring (bicyclic) bond motifs is 1. The highest BCUT2D eigenvalue weighted by Gasteiger charge is 2.31. The molecule has 0 spiro atoms. The van der Waals surface area contributed by atoms with Crippen molar-refractivity contribution in [1.29, 1.82) is 0 Å². The fourth-order valence-electron chi connectivity index (χ4n) is 4.13. The summed E-state index contributed by atoms with van der Waals surface area (Å²) in [4.78, 5) is 28.7. The van der Waals surface area contributed by atoms with Crippen LogP contribution in [-0.2, 0) is 22.4 Å². The van der Waals surface area contributed by atoms with Crippen molar-refractivity contribution < 1.29 is 9.59 Å². The summed E-state index contributed by atoms with van der Waals surface area (Å²) >= 11 is 1.79. The zero-order valence-corrected chi connectivity index (χ0v) is 17.9. The molecule has 1 aromatic heterocycles. The molecular weight excluding hydrogens is 392 g/mol. The number of hydrogen-bond acceptors (Lipinski definition) is 4. The summed E-state index contributed by atoms with van der Waals surface area (Å²) in [5.74, 6) is -0.128. The van der Waals surface area contributed by atoms with Crippen molar-refractivity contribution in [3.63, 3.8) is 0 Å². The zero-order valence-electron chi connectivity index (χ0n) is 17.1. The molecular formula is C25H26N2O2S. The molecule has 2 heterocycles. The van der Waals surface area contributed by atoms with Crippen LogP contribution in [0, 0.1) is 0 Å². The molecule has 30 heavy (non-hydrogen) atoms. The molecule has 1 N–H and O–H groups in total. The fraction of sp³-hybridized carbons (Fsp3) is 0.280. The van der Waals surface area contributed by atoms with Gasteiger partial charge in [-0.15, -0.1) is 11.3 Å². The number of ketones is 1. The Morgan fingerprint density at radius 1 is 1.07 bits per heavy atom. The Morgan fingerprint density at radius 2 is 1.77 bits per heavy atom. The van der Waals surface area contributed by atoms with Crippen LogP contribution in [0.25, 0.3) is 0 Å². The van der Waals surface area contributed by atoms with Gasteiger partial charge in [0.25, 0.3) is 0 Å². The number of carbonyl (C=O) groups excluding carboxylic acids is 2. The molecule has 2 aromatic carbocycles. The number of amides is 1. The second-order valence-corrected chi connectivity index (χ2v) is 8.75. The first-order valence-electron chi connectivity index (χ1n) is 10.3. The van der Waals surface area contributed by atoms with E-state index in [9.17, 15) is 9.59 Å². The Kier molecular flexibility index (Phi) is 6.41. The molecule has 3 aromatic rings. The van der Waals surface area contributed by atoms with Crippen molar-refractivity contribution in [1.82, 2.24) is 10.2 Å². The molecule has 5 heteroatoms. The first kappa shape index (κ1) is 20.5. The first-order chi connectivity index (χ1) is 14.6. The van der Waals surface area contributed by atoms with E-state index in [1.165, 1.54) is 16.0 Å². The van der Waals surface area contributed by atoms with Gasteiger partial charge in [-0.2, -0.15) is 0 Å². The highest BCUT2D eigenvalue weighted by Crippen LogP contribution is 2.37. The number of rotatable bonds is 7. The maximum absolute atomic E-state index is 12.9. The summed E-state index contributed by atoms with van der Waals surface area (Å²) in [6.45, 7) is 2.64. The van der Waals surface area contributed by atoms with Gasteiger partial charge in [-0.05, 0) is 47.9 Å². The lowest BCUT2D eigenvalue weighted by molar-refractivity contribution is -0.127. The third kappa shape index (κ3) is 4.69. The molecule has 0 unspecified atom stereocenters. The monoisotopic (exact) mass is 418 g/mol. The van der Waals surface area contributed by atoms with Crippen molar-refractivity contribution in [3.8, 4) is 0 Å². The van der Waals surface area contributed by atoms with E-state index in [2.05, 4.69) is 33.8 Å². The summed E-state index contributed by atoms with van der Waals surface area (Å²) in [6.07, 6.45) is 1.46. The van der Waals surface area contributed by atoms with Crippen LogP contribution < -0.4 is 5.32 Å². The van der Waals surface area contributed by atoms with Gasteiger partial charge in [0.2, 0.25) is 5.91 Å². The Balaban J connectivity index is 1.49. The van der Waals surface area contributed by atoms with Gasteiger partial charge in [0, 0.05) is 11.4 Å². The smallest absolute Gasteiger partial charge is 0.234 e. The van der Waals surface area contributed by atoms with Crippen LogP contribution in [0.3, 0.4) is 0 Å². The first-order valence-corrected chi connectivity index (χ1v) is 11.2. The van der Waals surface area contributed by atoms with E-state index < -0.39 is 6.04 Å². The van der Waals surface area contributed by atoms with Crippen molar-refractivity contribution in [2.24, 2.45) is 0 Å². The van der Waals surface area contributed by atoms with Crippen LogP contribution >= 0.6 is 11.3 Å². The van der Waals surface area contributed by atoms with Crippen LogP contribution in [0.4, 0.5) is 0 Å². The lowest BCUT2D eigenvalue weighted by Crippen LogP contribution is -2.48. The molecule has 4 nitrogen and oxygen atoms in total. The van der Waals surface area contributed by atoms with E-state index in [1.54, 1.807) is 18.3 Å². The molecule has 0 saturated heterocycles. The van der Waals surface area contributed by atoms with Crippen LogP contribution in [0.1, 0.15) is 34.5 Å². The topological polar surface area (TPSA) is 49.4 Å². The third-order valence-corrected chi connectivity index (χ3v) is 6.63. The highest BCUT2D eigenvalue weighted by atomic mass is 32.1. The average molecular weight is 419 g/mol. The minimum atomic E-state index is -0.503. The maximum Gasteiger partial charge on any atom is 0.234 e. The number of carbonyl (C=O) groups is 2. The number of Topliss-reactive ketones (excluding diaryl/α,β-unsaturated/α-hetero) is 1. The summed E-state index contributed by atoms with van der Waals surface area (Å²) in [5.41, 5.74) is 3.52. The molecule has 1 amide bonds. The van der Waals surface area contributed by atoms with E-state index in [1.807, 2.05) is 48.5 Å². The second-order valence-electron chi connectivity index (χ2n) is 7.75. The van der Waals surface area contributed by atoms with Gasteiger partial charge in [0.15, 0.2) is 5.78 Å². The number of benzene rings is 2. The quantitative estimate of drug-likeness (QED) is 0.631. The van der Waals surface area contributed by atoms with Gasteiger partial charge < -0.3 is 5.32 Å². The van der Waals surface area contributed by atoms with Gasteiger partial charge in [-0.1, -0.05) is 60.7 Å². The van der Waals surface area contributed by atoms with Gasteiger partial charge in [-0.25, -0.2) is 0 Å². The molecule has 1 aliphatic rings. The van der Waals surface area contributed by atoms with Gasteiger partial charge in [-0.3, -0.25) is 14.5 Å². The van der Waals surface area contributed by atoms with Crippen LogP contribution in [-0.4, -0.2) is 35.7 Å². The maximum atomic E-state index is 12.9. The number of hydrogen-bond donors (Lipinski definition) is 1. The van der Waals surface area contributed by atoms with Crippen LogP contribution in [0.2, 0.25) is 0 Å². The number of thiophene rings is 1. The minimum absolute atomic E-state index is 0.0226. The van der Waals surface area contributed by atoms with Crippen LogP contribution in [0.15, 0.2) is 72.1 Å². The van der Waals surface area contributed by atoms with E-state index >= 15 is 0 Å². The van der Waals surface area contributed by atoms with E-state index in [4.69, 9.17) is 0 Å². The van der Waals surface area contributed by atoms with Gasteiger partial charge >= 0.3 is 0 Å². The lowest BCUT2D eigenvalue weighted by Gasteiger charge is -2.36. The predicted octanol–water partition coefficient (Wildman–Crippen LogP) is 4.01. The molecule has 0 radical (unpaired) electrons. The minimum Gasteiger partial charge on any atom is -0.345 e. The summed E-state index contributed by atoms with van der Waals surface area (Å²) < 4.78 is 0. The molecule has 0 aliphatic carbocycles. The van der Waals surface area contributed by atoms with E-state index in [-0.39, 0.29) is 24.3 Å². The molecule has 1 aliphatic heterocycles. The Bertz CT molecular complexity index is 1000. The van der Waals surface area contributed by atoms with E-state index in [0.29, 0.717) is 6.42 Å². The summed E-state index contributed by atoms with van der Waals surface area (Å²) in [7, 11) is 0.